The standard InChI is InChI=1S/C13H19NO4/c1-4-18-13(16)10(14)7-9-5-8(2)6-11(17-3)12(9)15/h5-6,10,15H,4,7,14H2,1-3H3. The number of aryl methyl sites for hydroxylation is 1. The molecule has 0 saturated heterocycles. The maximum absolute atomic E-state index is 11.4. The number of carbonyl (C=O) groups excluding carboxylic acids is 1. The summed E-state index contributed by atoms with van der Waals surface area (Å²) in [4.78, 5) is 11.4. The molecule has 1 aromatic carbocycles. The van der Waals surface area contributed by atoms with Crippen LogP contribution in [-0.2, 0) is 16.0 Å². The van der Waals surface area contributed by atoms with Crippen LogP contribution in [0.15, 0.2) is 12.1 Å². The fraction of sp³-hybridized carbons (Fsp3) is 0.462. The second-order valence-electron chi connectivity index (χ2n) is 4.04. The van der Waals surface area contributed by atoms with E-state index < -0.39 is 12.0 Å². The number of esters is 1. The third-order valence-corrected chi connectivity index (χ3v) is 2.55. The summed E-state index contributed by atoms with van der Waals surface area (Å²) in [5, 5.41) is 9.94. The van der Waals surface area contributed by atoms with Gasteiger partial charge in [0.2, 0.25) is 0 Å². The molecule has 3 N–H and O–H groups in total. The van der Waals surface area contributed by atoms with Gasteiger partial charge in [0.05, 0.1) is 13.7 Å². The normalized spacial score (nSPS) is 12.0. The lowest BCUT2D eigenvalue weighted by atomic mass is 10.0. The fourth-order valence-corrected chi connectivity index (χ4v) is 1.70. The van der Waals surface area contributed by atoms with Crippen molar-refractivity contribution in [1.82, 2.24) is 0 Å². The van der Waals surface area contributed by atoms with Crippen molar-refractivity contribution >= 4 is 5.97 Å². The van der Waals surface area contributed by atoms with Gasteiger partial charge in [0.1, 0.15) is 6.04 Å². The van der Waals surface area contributed by atoms with Crippen LogP contribution >= 0.6 is 0 Å². The maximum Gasteiger partial charge on any atom is 0.323 e. The molecule has 100 valence electrons. The highest BCUT2D eigenvalue weighted by Gasteiger charge is 2.18. The summed E-state index contributed by atoms with van der Waals surface area (Å²) in [6.45, 7) is 3.88. The first-order valence-electron chi connectivity index (χ1n) is 5.78. The summed E-state index contributed by atoms with van der Waals surface area (Å²) in [6, 6.07) is 2.70. The molecule has 0 spiro atoms. The van der Waals surface area contributed by atoms with Gasteiger partial charge >= 0.3 is 5.97 Å². The lowest BCUT2D eigenvalue weighted by Gasteiger charge is -2.14. The van der Waals surface area contributed by atoms with E-state index in [0.717, 1.165) is 5.56 Å². The molecule has 0 fully saturated rings. The predicted octanol–water partition coefficient (Wildman–Crippen LogP) is 1.14. The summed E-state index contributed by atoms with van der Waals surface area (Å²) >= 11 is 0. The smallest absolute Gasteiger partial charge is 0.323 e. The van der Waals surface area contributed by atoms with Gasteiger partial charge in [-0.05, 0) is 25.5 Å². The van der Waals surface area contributed by atoms with Crippen molar-refractivity contribution in [2.75, 3.05) is 13.7 Å². The molecule has 0 aliphatic heterocycles. The molecule has 1 rings (SSSR count). The van der Waals surface area contributed by atoms with Gasteiger partial charge in [-0.15, -0.1) is 0 Å². The van der Waals surface area contributed by atoms with E-state index in [9.17, 15) is 9.90 Å². The van der Waals surface area contributed by atoms with Gasteiger partial charge in [0.25, 0.3) is 0 Å². The number of phenols is 1. The Hall–Kier alpha value is -1.75. The zero-order valence-corrected chi connectivity index (χ0v) is 10.9. The minimum Gasteiger partial charge on any atom is -0.504 e. The Labute approximate surface area is 107 Å². The number of methoxy groups -OCH3 is 1. The van der Waals surface area contributed by atoms with Crippen molar-refractivity contribution in [2.24, 2.45) is 5.73 Å². The van der Waals surface area contributed by atoms with E-state index in [1.54, 1.807) is 19.1 Å². The average Bonchev–Trinajstić information content (AvgIpc) is 2.33. The number of phenolic OH excluding ortho intramolecular Hbond substituents is 1. The SMILES string of the molecule is CCOC(=O)C(N)Cc1cc(C)cc(OC)c1O. The van der Waals surface area contributed by atoms with Crippen molar-refractivity contribution in [3.05, 3.63) is 23.3 Å². The van der Waals surface area contributed by atoms with Crippen molar-refractivity contribution < 1.29 is 19.4 Å². The van der Waals surface area contributed by atoms with E-state index in [2.05, 4.69) is 0 Å². The molecule has 5 nitrogen and oxygen atoms in total. The quantitative estimate of drug-likeness (QED) is 0.769. The van der Waals surface area contributed by atoms with E-state index >= 15 is 0 Å². The van der Waals surface area contributed by atoms with E-state index in [0.29, 0.717) is 11.3 Å². The molecule has 0 radical (unpaired) electrons. The van der Waals surface area contributed by atoms with Crippen LogP contribution in [0, 0.1) is 6.92 Å². The first kappa shape index (κ1) is 14.3. The van der Waals surface area contributed by atoms with Crippen molar-refractivity contribution in [2.45, 2.75) is 26.3 Å². The Morgan fingerprint density at radius 2 is 2.17 bits per heavy atom. The summed E-state index contributed by atoms with van der Waals surface area (Å²) in [5.74, 6) is -0.0821. The summed E-state index contributed by atoms with van der Waals surface area (Å²) < 4.78 is 9.87. The van der Waals surface area contributed by atoms with Crippen molar-refractivity contribution in [3.63, 3.8) is 0 Å². The molecule has 1 atom stereocenters. The highest BCUT2D eigenvalue weighted by molar-refractivity contribution is 5.76. The highest BCUT2D eigenvalue weighted by Crippen LogP contribution is 2.31. The molecule has 0 bridgehead atoms. The van der Waals surface area contributed by atoms with E-state index in [1.807, 2.05) is 6.92 Å². The second kappa shape index (κ2) is 6.26. The first-order valence-corrected chi connectivity index (χ1v) is 5.78. The minimum absolute atomic E-state index is 0.0165. The topological polar surface area (TPSA) is 81.8 Å². The molecular weight excluding hydrogens is 234 g/mol. The summed E-state index contributed by atoms with van der Waals surface area (Å²) in [6.07, 6.45) is 0.211. The van der Waals surface area contributed by atoms with Gasteiger partial charge in [-0.3, -0.25) is 4.79 Å². The molecule has 0 aliphatic rings. The molecule has 1 aromatic rings. The zero-order valence-electron chi connectivity index (χ0n) is 10.9. The molecular formula is C13H19NO4. The number of carbonyl (C=O) groups is 1. The lowest BCUT2D eigenvalue weighted by molar-refractivity contribution is -0.144. The van der Waals surface area contributed by atoms with Gasteiger partial charge < -0.3 is 20.3 Å². The molecule has 0 heterocycles. The number of aromatic hydroxyl groups is 1. The van der Waals surface area contributed by atoms with Crippen LogP contribution in [0.4, 0.5) is 0 Å². The number of benzene rings is 1. The van der Waals surface area contributed by atoms with Crippen LogP contribution in [-0.4, -0.2) is 30.8 Å². The third-order valence-electron chi connectivity index (χ3n) is 2.55. The summed E-state index contributed by atoms with van der Waals surface area (Å²) in [7, 11) is 1.48. The molecule has 0 amide bonds. The Bertz CT molecular complexity index is 431. The van der Waals surface area contributed by atoms with Gasteiger partial charge in [-0.25, -0.2) is 0 Å². The molecule has 18 heavy (non-hydrogen) atoms. The third kappa shape index (κ3) is 3.37. The molecule has 0 saturated carbocycles. The predicted molar refractivity (Wildman–Crippen MR) is 67.7 cm³/mol. The Morgan fingerprint density at radius 1 is 1.50 bits per heavy atom. The van der Waals surface area contributed by atoms with E-state index in [1.165, 1.54) is 7.11 Å². The second-order valence-corrected chi connectivity index (χ2v) is 4.04. The van der Waals surface area contributed by atoms with Crippen LogP contribution in [0.3, 0.4) is 0 Å². The average molecular weight is 253 g/mol. The molecule has 0 aromatic heterocycles. The number of hydrogen-bond acceptors (Lipinski definition) is 5. The van der Waals surface area contributed by atoms with Crippen molar-refractivity contribution in [1.29, 1.82) is 0 Å². The highest BCUT2D eigenvalue weighted by atomic mass is 16.5. The maximum atomic E-state index is 11.4. The number of hydrogen-bond donors (Lipinski definition) is 2. The van der Waals surface area contributed by atoms with Crippen LogP contribution in [0.2, 0.25) is 0 Å². The zero-order chi connectivity index (χ0) is 13.7. The monoisotopic (exact) mass is 253 g/mol. The first-order chi connectivity index (χ1) is 8.49. The van der Waals surface area contributed by atoms with Crippen LogP contribution in [0.5, 0.6) is 11.5 Å². The number of ether oxygens (including phenoxy) is 2. The van der Waals surface area contributed by atoms with Gasteiger partial charge in [0, 0.05) is 12.0 Å². The largest absolute Gasteiger partial charge is 0.504 e. The van der Waals surface area contributed by atoms with Gasteiger partial charge in [0.15, 0.2) is 11.5 Å². The van der Waals surface area contributed by atoms with Crippen LogP contribution in [0.1, 0.15) is 18.1 Å². The van der Waals surface area contributed by atoms with Crippen LogP contribution < -0.4 is 10.5 Å². The summed E-state index contributed by atoms with van der Waals surface area (Å²) in [5.41, 5.74) is 7.22. The Balaban J connectivity index is 2.90. The van der Waals surface area contributed by atoms with E-state index in [-0.39, 0.29) is 18.8 Å². The number of rotatable bonds is 5. The molecule has 5 heteroatoms. The van der Waals surface area contributed by atoms with Crippen molar-refractivity contribution in [3.8, 4) is 11.5 Å². The van der Waals surface area contributed by atoms with Gasteiger partial charge in [-0.2, -0.15) is 0 Å². The Morgan fingerprint density at radius 3 is 2.72 bits per heavy atom. The fourth-order valence-electron chi connectivity index (χ4n) is 1.70. The van der Waals surface area contributed by atoms with Crippen LogP contribution in [0.25, 0.3) is 0 Å². The van der Waals surface area contributed by atoms with E-state index in [4.69, 9.17) is 15.2 Å². The molecule has 1 unspecified atom stereocenters. The Kier molecular flexibility index (Phi) is 4.97. The number of nitrogens with two attached hydrogens (primary N) is 1. The minimum atomic E-state index is -0.789. The lowest BCUT2D eigenvalue weighted by Crippen LogP contribution is -2.34. The van der Waals surface area contributed by atoms with Gasteiger partial charge in [-0.1, -0.05) is 6.07 Å². The molecule has 0 aliphatic carbocycles.